The van der Waals surface area contributed by atoms with Crippen molar-refractivity contribution >= 4 is 35.6 Å². The molecule has 0 radical (unpaired) electrons. The van der Waals surface area contributed by atoms with Gasteiger partial charge in [0.25, 0.3) is 5.91 Å². The van der Waals surface area contributed by atoms with Crippen LogP contribution in [0.5, 0.6) is 5.75 Å². The van der Waals surface area contributed by atoms with Gasteiger partial charge < -0.3 is 10.1 Å². The van der Waals surface area contributed by atoms with E-state index in [1.165, 1.54) is 0 Å². The number of methoxy groups -OCH3 is 1. The molecule has 2 rings (SSSR count). The highest BCUT2D eigenvalue weighted by Crippen LogP contribution is 2.30. The number of carbonyl (C=O) groups is 1. The van der Waals surface area contributed by atoms with E-state index in [9.17, 15) is 4.79 Å². The molecule has 0 aliphatic heterocycles. The molecule has 4 nitrogen and oxygen atoms in total. The van der Waals surface area contributed by atoms with E-state index in [1.807, 2.05) is 6.92 Å². The number of amides is 1. The number of carbonyl (C=O) groups excluding carboxylic acids is 1. The topological polar surface area (TPSA) is 51.2 Å². The molecule has 0 saturated carbocycles. The van der Waals surface area contributed by atoms with Crippen LogP contribution in [-0.4, -0.2) is 18.0 Å². The standard InChI is InChI=1S/C14H13ClN2O2.ClH/c1-9-7-13(19-2)11(15)8-12(9)17-14(18)10-3-5-16-6-4-10;/h3-8H,1-2H3,(H,17,18);1H. The predicted molar refractivity (Wildman–Crippen MR) is 82.2 cm³/mol. The Morgan fingerprint density at radius 1 is 1.30 bits per heavy atom. The molecule has 6 heteroatoms. The number of ether oxygens (including phenoxy) is 1. The Bertz CT molecular complexity index is 604. The van der Waals surface area contributed by atoms with Gasteiger partial charge in [-0.3, -0.25) is 9.78 Å². The van der Waals surface area contributed by atoms with E-state index < -0.39 is 0 Å². The van der Waals surface area contributed by atoms with Crippen LogP contribution in [0.4, 0.5) is 5.69 Å². The molecule has 1 N–H and O–H groups in total. The first kappa shape index (κ1) is 16.3. The zero-order valence-electron chi connectivity index (χ0n) is 11.0. The summed E-state index contributed by atoms with van der Waals surface area (Å²) in [5.41, 5.74) is 2.08. The summed E-state index contributed by atoms with van der Waals surface area (Å²) in [6.07, 6.45) is 3.14. The second-order valence-electron chi connectivity index (χ2n) is 3.99. The number of rotatable bonds is 3. The lowest BCUT2D eigenvalue weighted by Gasteiger charge is -2.11. The van der Waals surface area contributed by atoms with Crippen molar-refractivity contribution in [1.29, 1.82) is 0 Å². The summed E-state index contributed by atoms with van der Waals surface area (Å²) in [6.45, 7) is 1.88. The molecule has 0 aliphatic rings. The summed E-state index contributed by atoms with van der Waals surface area (Å²) >= 11 is 6.04. The predicted octanol–water partition coefficient (Wildman–Crippen LogP) is 3.73. The van der Waals surface area contributed by atoms with Gasteiger partial charge in [0.15, 0.2) is 0 Å². The zero-order chi connectivity index (χ0) is 13.8. The number of aromatic nitrogens is 1. The number of aryl methyl sites for hydroxylation is 1. The highest BCUT2D eigenvalue weighted by molar-refractivity contribution is 6.32. The van der Waals surface area contributed by atoms with Gasteiger partial charge in [0.2, 0.25) is 0 Å². The molecule has 1 heterocycles. The largest absolute Gasteiger partial charge is 0.495 e. The summed E-state index contributed by atoms with van der Waals surface area (Å²) in [6, 6.07) is 6.75. The maximum Gasteiger partial charge on any atom is 0.255 e. The quantitative estimate of drug-likeness (QED) is 0.939. The normalized spacial score (nSPS) is 9.55. The minimum absolute atomic E-state index is 0. The monoisotopic (exact) mass is 312 g/mol. The maximum atomic E-state index is 12.0. The van der Waals surface area contributed by atoms with Gasteiger partial charge in [-0.15, -0.1) is 12.4 Å². The lowest BCUT2D eigenvalue weighted by Crippen LogP contribution is -2.12. The molecule has 1 aromatic carbocycles. The Morgan fingerprint density at radius 2 is 1.95 bits per heavy atom. The average Bonchev–Trinajstić information content (AvgIpc) is 2.43. The van der Waals surface area contributed by atoms with Crippen LogP contribution in [0.2, 0.25) is 5.02 Å². The van der Waals surface area contributed by atoms with Crippen LogP contribution in [0.15, 0.2) is 36.7 Å². The van der Waals surface area contributed by atoms with E-state index in [4.69, 9.17) is 16.3 Å². The van der Waals surface area contributed by atoms with E-state index in [-0.39, 0.29) is 18.3 Å². The smallest absolute Gasteiger partial charge is 0.255 e. The molecular weight excluding hydrogens is 299 g/mol. The fraction of sp³-hybridized carbons (Fsp3) is 0.143. The third-order valence-electron chi connectivity index (χ3n) is 2.69. The van der Waals surface area contributed by atoms with E-state index in [0.717, 1.165) is 5.56 Å². The van der Waals surface area contributed by atoms with Crippen molar-refractivity contribution in [3.8, 4) is 5.75 Å². The highest BCUT2D eigenvalue weighted by atomic mass is 35.5. The van der Waals surface area contributed by atoms with Crippen molar-refractivity contribution < 1.29 is 9.53 Å². The zero-order valence-corrected chi connectivity index (χ0v) is 12.6. The van der Waals surface area contributed by atoms with Gasteiger partial charge in [-0.1, -0.05) is 11.6 Å². The van der Waals surface area contributed by atoms with E-state index in [0.29, 0.717) is 22.0 Å². The molecule has 106 valence electrons. The van der Waals surface area contributed by atoms with Crippen molar-refractivity contribution in [1.82, 2.24) is 4.98 Å². The summed E-state index contributed by atoms with van der Waals surface area (Å²) in [7, 11) is 1.55. The lowest BCUT2D eigenvalue weighted by molar-refractivity contribution is 0.102. The third-order valence-corrected chi connectivity index (χ3v) is 2.98. The number of hydrogen-bond donors (Lipinski definition) is 1. The molecule has 1 aromatic heterocycles. The van der Waals surface area contributed by atoms with Crippen LogP contribution in [0, 0.1) is 6.92 Å². The Morgan fingerprint density at radius 3 is 2.55 bits per heavy atom. The molecule has 0 saturated heterocycles. The van der Waals surface area contributed by atoms with Crippen LogP contribution in [0.25, 0.3) is 0 Å². The number of nitrogens with one attached hydrogen (secondary N) is 1. The highest BCUT2D eigenvalue weighted by Gasteiger charge is 2.10. The molecule has 0 atom stereocenters. The molecule has 0 bridgehead atoms. The third kappa shape index (κ3) is 3.62. The Kier molecular flexibility index (Phi) is 5.80. The molecule has 1 amide bonds. The Balaban J connectivity index is 0.00000200. The maximum absolute atomic E-state index is 12.0. The summed E-state index contributed by atoms with van der Waals surface area (Å²) in [5.74, 6) is 0.382. The van der Waals surface area contributed by atoms with Crippen molar-refractivity contribution in [3.63, 3.8) is 0 Å². The molecule has 20 heavy (non-hydrogen) atoms. The summed E-state index contributed by atoms with van der Waals surface area (Å²) in [5, 5.41) is 3.27. The van der Waals surface area contributed by atoms with Crippen LogP contribution in [-0.2, 0) is 0 Å². The minimum atomic E-state index is -0.202. The number of halogens is 2. The van der Waals surface area contributed by atoms with Gasteiger partial charge in [-0.25, -0.2) is 0 Å². The number of hydrogen-bond acceptors (Lipinski definition) is 3. The molecular formula is C14H14Cl2N2O2. The molecule has 2 aromatic rings. The lowest BCUT2D eigenvalue weighted by atomic mass is 10.1. The van der Waals surface area contributed by atoms with Gasteiger partial charge in [0, 0.05) is 23.6 Å². The van der Waals surface area contributed by atoms with Crippen LogP contribution in [0.1, 0.15) is 15.9 Å². The SMILES string of the molecule is COc1cc(C)c(NC(=O)c2ccncc2)cc1Cl.Cl. The number of benzene rings is 1. The average molecular weight is 313 g/mol. The van der Waals surface area contributed by atoms with Gasteiger partial charge in [-0.2, -0.15) is 0 Å². The second-order valence-corrected chi connectivity index (χ2v) is 4.40. The van der Waals surface area contributed by atoms with Crippen LogP contribution >= 0.6 is 24.0 Å². The Labute approximate surface area is 128 Å². The number of anilines is 1. The summed E-state index contributed by atoms with van der Waals surface area (Å²) in [4.78, 5) is 15.9. The number of pyridine rings is 1. The van der Waals surface area contributed by atoms with E-state index in [1.54, 1.807) is 43.8 Å². The fourth-order valence-corrected chi connectivity index (χ4v) is 1.88. The minimum Gasteiger partial charge on any atom is -0.495 e. The molecule has 0 spiro atoms. The van der Waals surface area contributed by atoms with Gasteiger partial charge in [-0.05, 0) is 36.8 Å². The van der Waals surface area contributed by atoms with E-state index in [2.05, 4.69) is 10.3 Å². The van der Waals surface area contributed by atoms with Crippen molar-refractivity contribution in [2.24, 2.45) is 0 Å². The summed E-state index contributed by atoms with van der Waals surface area (Å²) < 4.78 is 5.12. The van der Waals surface area contributed by atoms with Crippen molar-refractivity contribution in [2.75, 3.05) is 12.4 Å². The second kappa shape index (κ2) is 7.12. The van der Waals surface area contributed by atoms with E-state index >= 15 is 0 Å². The first-order valence-corrected chi connectivity index (χ1v) is 6.05. The number of nitrogens with zero attached hydrogens (tertiary/aromatic N) is 1. The van der Waals surface area contributed by atoms with Gasteiger partial charge >= 0.3 is 0 Å². The van der Waals surface area contributed by atoms with Gasteiger partial charge in [0.05, 0.1) is 12.1 Å². The van der Waals surface area contributed by atoms with Crippen LogP contribution in [0.3, 0.4) is 0 Å². The van der Waals surface area contributed by atoms with Gasteiger partial charge in [0.1, 0.15) is 5.75 Å². The molecule has 0 fully saturated rings. The van der Waals surface area contributed by atoms with Crippen LogP contribution < -0.4 is 10.1 Å². The Hall–Kier alpha value is -1.78. The fourth-order valence-electron chi connectivity index (χ4n) is 1.64. The first-order valence-electron chi connectivity index (χ1n) is 5.67. The van der Waals surface area contributed by atoms with Crippen molar-refractivity contribution in [3.05, 3.63) is 52.8 Å². The van der Waals surface area contributed by atoms with Crippen molar-refractivity contribution in [2.45, 2.75) is 6.92 Å². The molecule has 0 aliphatic carbocycles. The first-order chi connectivity index (χ1) is 9.11. The molecule has 0 unspecified atom stereocenters.